The van der Waals surface area contributed by atoms with E-state index in [1.54, 1.807) is 6.92 Å². The predicted molar refractivity (Wildman–Crippen MR) is 54.6 cm³/mol. The summed E-state index contributed by atoms with van der Waals surface area (Å²) in [6.45, 7) is 5.56. The molecule has 0 saturated heterocycles. The number of Topliss-reactive ketones (excluding diaryl/α,β-unsaturated/α-hetero) is 1. The SMILES string of the molecule is CCCCCCC(C)(CO)C(C)=O. The van der Waals surface area contributed by atoms with Crippen molar-refractivity contribution in [2.45, 2.75) is 52.9 Å². The third-order valence-corrected chi connectivity index (χ3v) is 2.78. The maximum absolute atomic E-state index is 11.2. The van der Waals surface area contributed by atoms with Crippen molar-refractivity contribution in [3.05, 3.63) is 0 Å². The average molecular weight is 186 g/mol. The number of hydrogen-bond acceptors (Lipinski definition) is 2. The molecule has 2 nitrogen and oxygen atoms in total. The molecule has 1 N–H and O–H groups in total. The van der Waals surface area contributed by atoms with E-state index in [1.807, 2.05) is 6.92 Å². The van der Waals surface area contributed by atoms with Gasteiger partial charge in [0.2, 0.25) is 0 Å². The van der Waals surface area contributed by atoms with E-state index in [4.69, 9.17) is 5.11 Å². The van der Waals surface area contributed by atoms with Gasteiger partial charge in [0.05, 0.1) is 6.61 Å². The van der Waals surface area contributed by atoms with E-state index < -0.39 is 5.41 Å². The summed E-state index contributed by atoms with van der Waals surface area (Å²) in [5, 5.41) is 9.09. The van der Waals surface area contributed by atoms with Crippen LogP contribution in [-0.4, -0.2) is 17.5 Å². The molecule has 13 heavy (non-hydrogen) atoms. The van der Waals surface area contributed by atoms with Crippen LogP contribution in [0.3, 0.4) is 0 Å². The van der Waals surface area contributed by atoms with Crippen LogP contribution in [0.5, 0.6) is 0 Å². The maximum atomic E-state index is 11.2. The molecule has 0 heterocycles. The maximum Gasteiger partial charge on any atom is 0.137 e. The van der Waals surface area contributed by atoms with Gasteiger partial charge in [-0.3, -0.25) is 4.79 Å². The highest BCUT2D eigenvalue weighted by Gasteiger charge is 2.27. The molecule has 0 saturated carbocycles. The molecule has 0 aromatic carbocycles. The molecule has 0 radical (unpaired) electrons. The first-order valence-corrected chi connectivity index (χ1v) is 5.18. The Bertz CT molecular complexity index is 154. The summed E-state index contributed by atoms with van der Waals surface area (Å²) in [5.74, 6) is 0.103. The van der Waals surface area contributed by atoms with Crippen LogP contribution in [0, 0.1) is 5.41 Å². The van der Waals surface area contributed by atoms with E-state index in [-0.39, 0.29) is 12.4 Å². The van der Waals surface area contributed by atoms with Gasteiger partial charge in [0.25, 0.3) is 0 Å². The topological polar surface area (TPSA) is 37.3 Å². The molecule has 0 aromatic rings. The third kappa shape index (κ3) is 4.41. The van der Waals surface area contributed by atoms with Crippen LogP contribution in [0.4, 0.5) is 0 Å². The Morgan fingerprint density at radius 1 is 1.31 bits per heavy atom. The second-order valence-corrected chi connectivity index (χ2v) is 4.09. The molecule has 0 aromatic heterocycles. The van der Waals surface area contributed by atoms with Crippen molar-refractivity contribution < 1.29 is 9.90 Å². The lowest BCUT2D eigenvalue weighted by Crippen LogP contribution is -2.29. The van der Waals surface area contributed by atoms with Crippen LogP contribution in [0.2, 0.25) is 0 Å². The van der Waals surface area contributed by atoms with E-state index in [2.05, 4.69) is 6.92 Å². The number of aliphatic hydroxyl groups excluding tert-OH is 1. The first kappa shape index (κ1) is 12.6. The average Bonchev–Trinajstić information content (AvgIpc) is 2.12. The predicted octanol–water partition coefficient (Wildman–Crippen LogP) is 2.54. The number of hydrogen-bond donors (Lipinski definition) is 1. The van der Waals surface area contributed by atoms with Crippen LogP contribution in [-0.2, 0) is 4.79 Å². The smallest absolute Gasteiger partial charge is 0.137 e. The van der Waals surface area contributed by atoms with Crippen LogP contribution in [0.15, 0.2) is 0 Å². The molecule has 1 atom stereocenters. The number of rotatable bonds is 7. The largest absolute Gasteiger partial charge is 0.395 e. The van der Waals surface area contributed by atoms with E-state index in [1.165, 1.54) is 19.3 Å². The fourth-order valence-corrected chi connectivity index (χ4v) is 1.31. The summed E-state index contributed by atoms with van der Waals surface area (Å²) >= 11 is 0. The van der Waals surface area contributed by atoms with Crippen molar-refractivity contribution in [2.24, 2.45) is 5.41 Å². The molecule has 0 aliphatic heterocycles. The van der Waals surface area contributed by atoms with Crippen LogP contribution < -0.4 is 0 Å². The fourth-order valence-electron chi connectivity index (χ4n) is 1.31. The Balaban J connectivity index is 3.78. The first-order valence-electron chi connectivity index (χ1n) is 5.18. The van der Waals surface area contributed by atoms with Gasteiger partial charge in [0.1, 0.15) is 5.78 Å². The molecule has 2 heteroatoms. The lowest BCUT2D eigenvalue weighted by atomic mass is 9.82. The minimum Gasteiger partial charge on any atom is -0.395 e. The highest BCUT2D eigenvalue weighted by Crippen LogP contribution is 2.25. The standard InChI is InChI=1S/C11H22O2/c1-4-5-6-7-8-11(3,9-12)10(2)13/h12H,4-9H2,1-3H3. The molecule has 78 valence electrons. The van der Waals surface area contributed by atoms with Crippen LogP contribution in [0.1, 0.15) is 52.9 Å². The van der Waals surface area contributed by atoms with Crippen molar-refractivity contribution in [1.82, 2.24) is 0 Å². The summed E-state index contributed by atoms with van der Waals surface area (Å²) in [4.78, 5) is 11.2. The van der Waals surface area contributed by atoms with Gasteiger partial charge < -0.3 is 5.11 Å². The molecule has 0 aliphatic carbocycles. The minimum absolute atomic E-state index is 0.0194. The van der Waals surface area contributed by atoms with Gasteiger partial charge in [0, 0.05) is 5.41 Å². The zero-order chi connectivity index (χ0) is 10.3. The van der Waals surface area contributed by atoms with Crippen molar-refractivity contribution in [2.75, 3.05) is 6.61 Å². The lowest BCUT2D eigenvalue weighted by molar-refractivity contribution is -0.128. The van der Waals surface area contributed by atoms with E-state index >= 15 is 0 Å². The lowest BCUT2D eigenvalue weighted by Gasteiger charge is -2.23. The summed E-state index contributed by atoms with van der Waals surface area (Å²) in [7, 11) is 0. The zero-order valence-corrected chi connectivity index (χ0v) is 9.10. The Kier molecular flexibility index (Phi) is 5.97. The zero-order valence-electron chi connectivity index (χ0n) is 9.10. The highest BCUT2D eigenvalue weighted by atomic mass is 16.3. The van der Waals surface area contributed by atoms with E-state index in [9.17, 15) is 4.79 Å². The van der Waals surface area contributed by atoms with Crippen molar-refractivity contribution >= 4 is 5.78 Å². The third-order valence-electron chi connectivity index (χ3n) is 2.78. The summed E-state index contributed by atoms with van der Waals surface area (Å²) in [5.41, 5.74) is -0.492. The molecule has 0 amide bonds. The van der Waals surface area contributed by atoms with Gasteiger partial charge in [-0.2, -0.15) is 0 Å². The van der Waals surface area contributed by atoms with Gasteiger partial charge in [-0.05, 0) is 13.3 Å². The van der Waals surface area contributed by atoms with Crippen LogP contribution in [0.25, 0.3) is 0 Å². The second-order valence-electron chi connectivity index (χ2n) is 4.09. The van der Waals surface area contributed by atoms with E-state index in [0.717, 1.165) is 12.8 Å². The summed E-state index contributed by atoms with van der Waals surface area (Å²) < 4.78 is 0. The van der Waals surface area contributed by atoms with E-state index in [0.29, 0.717) is 0 Å². The molecule has 0 fully saturated rings. The second kappa shape index (κ2) is 6.14. The van der Waals surface area contributed by atoms with Crippen LogP contribution >= 0.6 is 0 Å². The van der Waals surface area contributed by atoms with Crippen molar-refractivity contribution in [1.29, 1.82) is 0 Å². The highest BCUT2D eigenvalue weighted by molar-refractivity contribution is 5.81. The Labute approximate surface area is 81.3 Å². The number of aliphatic hydroxyl groups is 1. The number of ketones is 1. The molecule has 0 spiro atoms. The number of carbonyl (C=O) groups excluding carboxylic acids is 1. The number of carbonyl (C=O) groups is 1. The van der Waals surface area contributed by atoms with Gasteiger partial charge >= 0.3 is 0 Å². The molecule has 0 aliphatic rings. The molecular weight excluding hydrogens is 164 g/mol. The summed E-state index contributed by atoms with van der Waals surface area (Å²) in [6.07, 6.45) is 5.46. The quantitative estimate of drug-likeness (QED) is 0.620. The summed E-state index contributed by atoms with van der Waals surface area (Å²) in [6, 6.07) is 0. The fraction of sp³-hybridized carbons (Fsp3) is 0.909. The molecule has 0 bridgehead atoms. The Hall–Kier alpha value is -0.370. The molecular formula is C11H22O2. The Morgan fingerprint density at radius 3 is 2.31 bits per heavy atom. The molecule has 1 unspecified atom stereocenters. The van der Waals surface area contributed by atoms with Gasteiger partial charge in [-0.25, -0.2) is 0 Å². The Morgan fingerprint density at radius 2 is 1.92 bits per heavy atom. The van der Waals surface area contributed by atoms with Gasteiger partial charge in [-0.15, -0.1) is 0 Å². The monoisotopic (exact) mass is 186 g/mol. The minimum atomic E-state index is -0.492. The van der Waals surface area contributed by atoms with Gasteiger partial charge in [-0.1, -0.05) is 39.5 Å². The van der Waals surface area contributed by atoms with Crippen molar-refractivity contribution in [3.8, 4) is 0 Å². The first-order chi connectivity index (χ1) is 6.06. The van der Waals surface area contributed by atoms with Gasteiger partial charge in [0.15, 0.2) is 0 Å². The number of unbranched alkanes of at least 4 members (excludes halogenated alkanes) is 3. The molecule has 0 rings (SSSR count). The normalized spacial score (nSPS) is 15.4. The van der Waals surface area contributed by atoms with Crippen molar-refractivity contribution in [3.63, 3.8) is 0 Å².